The number of aliphatic carboxylic acids is 1. The molecule has 0 fully saturated rings. The van der Waals surface area contributed by atoms with E-state index in [1.165, 1.54) is 11.1 Å². The number of benzene rings is 2. The molecule has 35 heavy (non-hydrogen) atoms. The molecule has 0 atom stereocenters. The summed E-state index contributed by atoms with van der Waals surface area (Å²) in [7, 11) is 0. The van der Waals surface area contributed by atoms with Gasteiger partial charge in [0.05, 0.1) is 5.41 Å². The second-order valence-electron chi connectivity index (χ2n) is 9.70. The first-order valence-corrected chi connectivity index (χ1v) is 11.9. The van der Waals surface area contributed by atoms with Gasteiger partial charge in [0, 0.05) is 29.2 Å². The smallest absolute Gasteiger partial charge is 0.312 e. The summed E-state index contributed by atoms with van der Waals surface area (Å²) in [5.41, 5.74) is 8.11. The van der Waals surface area contributed by atoms with Crippen molar-refractivity contribution in [2.24, 2.45) is 5.41 Å². The zero-order valence-electron chi connectivity index (χ0n) is 20.8. The fourth-order valence-electron chi connectivity index (χ4n) is 4.02. The van der Waals surface area contributed by atoms with E-state index in [0.717, 1.165) is 46.5 Å². The van der Waals surface area contributed by atoms with Gasteiger partial charge in [0.15, 0.2) is 0 Å². The predicted molar refractivity (Wildman–Crippen MR) is 141 cm³/mol. The number of allylic oxidation sites excluding steroid dienone is 2. The van der Waals surface area contributed by atoms with Crippen LogP contribution in [-0.4, -0.2) is 22.7 Å². The Morgan fingerprint density at radius 3 is 2.37 bits per heavy atom. The van der Waals surface area contributed by atoms with Gasteiger partial charge in [0.25, 0.3) is 0 Å². The minimum atomic E-state index is -0.974. The Hall–Kier alpha value is -3.86. The van der Waals surface area contributed by atoms with Crippen molar-refractivity contribution in [2.75, 3.05) is 6.61 Å². The van der Waals surface area contributed by atoms with Crippen LogP contribution in [0.15, 0.2) is 78.5 Å². The number of hydrogen-bond acceptors (Lipinski definition) is 4. The Morgan fingerprint density at radius 1 is 1.03 bits per heavy atom. The molecular weight excluding hydrogens is 436 g/mol. The highest BCUT2D eigenvalue weighted by atomic mass is 16.5. The highest BCUT2D eigenvalue weighted by molar-refractivity contribution is 5.80. The molecule has 2 N–H and O–H groups in total. The van der Waals surface area contributed by atoms with Gasteiger partial charge >= 0.3 is 5.97 Å². The Kier molecular flexibility index (Phi) is 7.06. The standard InChI is InChI=1S/C30H32N2O3/c1-20-9-8-12-26(23-10-6-5-7-11-23)32-28(20)24-15-13-22(14-16-24)25-18-31-27(17-21(25)2)35-19-30(3,4)29(33)34/h5-7,10-18,32H,8-9,19H2,1-4H3,(H,33,34). The van der Waals surface area contributed by atoms with Crippen LogP contribution in [0.5, 0.6) is 5.88 Å². The zero-order chi connectivity index (χ0) is 25.0. The van der Waals surface area contributed by atoms with Crippen LogP contribution < -0.4 is 10.1 Å². The minimum absolute atomic E-state index is 0.0592. The average Bonchev–Trinajstić information content (AvgIpc) is 3.05. The summed E-state index contributed by atoms with van der Waals surface area (Å²) in [5.74, 6) is -0.466. The maximum atomic E-state index is 11.3. The summed E-state index contributed by atoms with van der Waals surface area (Å²) in [6, 6.07) is 20.8. The third kappa shape index (κ3) is 5.62. The molecule has 3 aromatic rings. The van der Waals surface area contributed by atoms with Gasteiger partial charge in [-0.05, 0) is 68.4 Å². The van der Waals surface area contributed by atoms with Crippen LogP contribution in [0, 0.1) is 12.3 Å². The molecule has 1 aromatic heterocycles. The third-order valence-electron chi connectivity index (χ3n) is 6.37. The number of pyridine rings is 1. The van der Waals surface area contributed by atoms with Crippen LogP contribution in [-0.2, 0) is 4.79 Å². The van der Waals surface area contributed by atoms with Crippen molar-refractivity contribution >= 4 is 17.4 Å². The number of carboxylic acid groups (broad SMARTS) is 1. The van der Waals surface area contributed by atoms with Gasteiger partial charge in [0.2, 0.25) is 5.88 Å². The molecule has 1 aliphatic heterocycles. The lowest BCUT2D eigenvalue weighted by Crippen LogP contribution is -2.30. The first-order valence-electron chi connectivity index (χ1n) is 11.9. The van der Waals surface area contributed by atoms with Crippen LogP contribution >= 0.6 is 0 Å². The van der Waals surface area contributed by atoms with Gasteiger partial charge in [-0.1, -0.05) is 60.7 Å². The van der Waals surface area contributed by atoms with E-state index in [1.807, 2.05) is 19.1 Å². The lowest BCUT2D eigenvalue weighted by molar-refractivity contribution is -0.148. The topological polar surface area (TPSA) is 71.5 Å². The molecule has 180 valence electrons. The van der Waals surface area contributed by atoms with Gasteiger partial charge in [-0.3, -0.25) is 4.79 Å². The van der Waals surface area contributed by atoms with Gasteiger partial charge < -0.3 is 15.2 Å². The number of aromatic nitrogens is 1. The first kappa shape index (κ1) is 24.3. The molecule has 0 amide bonds. The van der Waals surface area contributed by atoms with E-state index in [1.54, 1.807) is 20.0 Å². The highest BCUT2D eigenvalue weighted by Crippen LogP contribution is 2.31. The largest absolute Gasteiger partial charge is 0.481 e. The van der Waals surface area contributed by atoms with Crippen LogP contribution in [0.1, 0.15) is 50.3 Å². The van der Waals surface area contributed by atoms with E-state index >= 15 is 0 Å². The summed E-state index contributed by atoms with van der Waals surface area (Å²) < 4.78 is 5.66. The maximum Gasteiger partial charge on any atom is 0.312 e. The monoisotopic (exact) mass is 468 g/mol. The fourth-order valence-corrected chi connectivity index (χ4v) is 4.02. The molecule has 5 nitrogen and oxygen atoms in total. The van der Waals surface area contributed by atoms with Crippen LogP contribution in [0.25, 0.3) is 22.5 Å². The molecule has 1 aliphatic rings. The lowest BCUT2D eigenvalue weighted by atomic mass is 9.95. The van der Waals surface area contributed by atoms with E-state index in [9.17, 15) is 9.90 Å². The lowest BCUT2D eigenvalue weighted by Gasteiger charge is -2.19. The number of nitrogens with one attached hydrogen (secondary N) is 1. The predicted octanol–water partition coefficient (Wildman–Crippen LogP) is 6.70. The van der Waals surface area contributed by atoms with E-state index in [4.69, 9.17) is 4.74 Å². The van der Waals surface area contributed by atoms with Crippen molar-refractivity contribution in [3.8, 4) is 17.0 Å². The van der Waals surface area contributed by atoms with E-state index in [0.29, 0.717) is 5.88 Å². The molecule has 0 saturated heterocycles. The first-order chi connectivity index (χ1) is 16.7. The van der Waals surface area contributed by atoms with Crippen LogP contribution in [0.3, 0.4) is 0 Å². The third-order valence-corrected chi connectivity index (χ3v) is 6.37. The van der Waals surface area contributed by atoms with Crippen molar-refractivity contribution < 1.29 is 14.6 Å². The van der Waals surface area contributed by atoms with Crippen molar-refractivity contribution in [3.63, 3.8) is 0 Å². The van der Waals surface area contributed by atoms with Crippen molar-refractivity contribution in [2.45, 2.75) is 40.5 Å². The van der Waals surface area contributed by atoms with Crippen LogP contribution in [0.4, 0.5) is 0 Å². The second kappa shape index (κ2) is 10.2. The van der Waals surface area contributed by atoms with E-state index < -0.39 is 11.4 Å². The minimum Gasteiger partial charge on any atom is -0.481 e. The van der Waals surface area contributed by atoms with Crippen molar-refractivity contribution in [1.29, 1.82) is 0 Å². The Morgan fingerprint density at radius 2 is 1.71 bits per heavy atom. The molecule has 0 saturated carbocycles. The summed E-state index contributed by atoms with van der Waals surface area (Å²) in [4.78, 5) is 15.7. The van der Waals surface area contributed by atoms with Crippen molar-refractivity contribution in [1.82, 2.24) is 10.3 Å². The number of carbonyl (C=O) groups is 1. The Balaban J connectivity index is 1.52. The molecular formula is C30H32N2O3. The van der Waals surface area contributed by atoms with Gasteiger partial charge in [0.1, 0.15) is 6.61 Å². The number of hydrogen-bond donors (Lipinski definition) is 2. The normalized spacial score (nSPS) is 14.1. The fraction of sp³-hybridized carbons (Fsp3) is 0.267. The number of nitrogens with zero attached hydrogens (tertiary/aromatic N) is 1. The van der Waals surface area contributed by atoms with Crippen molar-refractivity contribution in [3.05, 3.63) is 95.2 Å². The quantitative estimate of drug-likeness (QED) is 0.404. The Bertz CT molecular complexity index is 1270. The van der Waals surface area contributed by atoms with E-state index in [-0.39, 0.29) is 6.61 Å². The number of rotatable bonds is 7. The van der Waals surface area contributed by atoms with Gasteiger partial charge in [-0.2, -0.15) is 0 Å². The molecule has 2 aromatic carbocycles. The Labute approximate surface area is 207 Å². The van der Waals surface area contributed by atoms with E-state index in [2.05, 4.69) is 71.8 Å². The second-order valence-corrected chi connectivity index (χ2v) is 9.70. The summed E-state index contributed by atoms with van der Waals surface area (Å²) >= 11 is 0. The molecule has 4 rings (SSSR count). The van der Waals surface area contributed by atoms with Gasteiger partial charge in [-0.15, -0.1) is 0 Å². The number of ether oxygens (including phenoxy) is 1. The molecule has 0 radical (unpaired) electrons. The highest BCUT2D eigenvalue weighted by Gasteiger charge is 2.28. The molecule has 0 bridgehead atoms. The molecule has 0 spiro atoms. The van der Waals surface area contributed by atoms with Crippen LogP contribution in [0.2, 0.25) is 0 Å². The summed E-state index contributed by atoms with van der Waals surface area (Å²) in [5, 5.41) is 13.0. The summed E-state index contributed by atoms with van der Waals surface area (Å²) in [6.07, 6.45) is 6.09. The zero-order valence-corrected chi connectivity index (χ0v) is 20.8. The molecule has 0 aliphatic carbocycles. The number of carboxylic acids is 1. The molecule has 2 heterocycles. The average molecular weight is 469 g/mol. The molecule has 0 unspecified atom stereocenters. The molecule has 5 heteroatoms. The maximum absolute atomic E-state index is 11.3. The number of aryl methyl sites for hydroxylation is 1. The van der Waals surface area contributed by atoms with Gasteiger partial charge in [-0.25, -0.2) is 4.98 Å². The summed E-state index contributed by atoms with van der Waals surface area (Å²) in [6.45, 7) is 7.53. The SMILES string of the molecule is CC1=C(c2ccc(-c3cnc(OCC(C)(C)C(=O)O)cc3C)cc2)NC(c2ccccc2)=CCC1.